The fourth-order valence-electron chi connectivity index (χ4n) is 2.55. The molecule has 19 heavy (non-hydrogen) atoms. The molecule has 0 aliphatic heterocycles. The van der Waals surface area contributed by atoms with Crippen LogP contribution in [0.1, 0.15) is 6.42 Å². The lowest BCUT2D eigenvalue weighted by atomic mass is 10.1. The van der Waals surface area contributed by atoms with Crippen LogP contribution in [0.3, 0.4) is 0 Å². The molecule has 102 valence electrons. The number of nitrogens with zero attached hydrogens (tertiary/aromatic N) is 3. The number of hydrogen-bond donors (Lipinski definition) is 4. The van der Waals surface area contributed by atoms with Gasteiger partial charge in [-0.1, -0.05) is 0 Å². The molecule has 0 aromatic carbocycles. The summed E-state index contributed by atoms with van der Waals surface area (Å²) >= 11 is 0. The topological polar surface area (TPSA) is 130 Å². The van der Waals surface area contributed by atoms with Crippen molar-refractivity contribution in [3.63, 3.8) is 0 Å². The lowest BCUT2D eigenvalue weighted by Gasteiger charge is -2.14. The monoisotopic (exact) mass is 265 g/mol. The van der Waals surface area contributed by atoms with Gasteiger partial charge in [-0.15, -0.1) is 0 Å². The fraction of sp³-hybridized carbons (Fsp3) is 0.545. The zero-order valence-electron chi connectivity index (χ0n) is 10.2. The first kappa shape index (κ1) is 12.1. The van der Waals surface area contributed by atoms with Crippen molar-refractivity contribution < 1.29 is 10.2 Å². The summed E-state index contributed by atoms with van der Waals surface area (Å²) in [4.78, 5) is 22.1. The summed E-state index contributed by atoms with van der Waals surface area (Å²) in [5, 5.41) is 18.7. The van der Waals surface area contributed by atoms with Gasteiger partial charge in [0, 0.05) is 18.6 Å². The maximum absolute atomic E-state index is 11.6. The first-order valence-electron chi connectivity index (χ1n) is 6.02. The predicted octanol–water partition coefficient (Wildman–Crippen LogP) is -1.31. The number of imidazole rings is 1. The van der Waals surface area contributed by atoms with Crippen LogP contribution in [-0.2, 0) is 6.54 Å². The van der Waals surface area contributed by atoms with E-state index in [-0.39, 0.29) is 41.6 Å². The zero-order valence-corrected chi connectivity index (χ0v) is 10.2. The molecule has 0 bridgehead atoms. The van der Waals surface area contributed by atoms with Gasteiger partial charge in [0.1, 0.15) is 0 Å². The van der Waals surface area contributed by atoms with Crippen LogP contribution in [0.5, 0.6) is 0 Å². The first-order valence-corrected chi connectivity index (χ1v) is 6.02. The Labute approximate surface area is 107 Å². The summed E-state index contributed by atoms with van der Waals surface area (Å²) in [7, 11) is 0. The highest BCUT2D eigenvalue weighted by Gasteiger charge is 2.53. The van der Waals surface area contributed by atoms with Gasteiger partial charge in [0.2, 0.25) is 5.95 Å². The molecule has 0 radical (unpaired) electrons. The van der Waals surface area contributed by atoms with E-state index < -0.39 is 0 Å². The minimum absolute atomic E-state index is 0.0173. The van der Waals surface area contributed by atoms with E-state index in [9.17, 15) is 15.0 Å². The lowest BCUT2D eigenvalue weighted by Crippen LogP contribution is -2.20. The van der Waals surface area contributed by atoms with Crippen LogP contribution in [-0.4, -0.2) is 42.9 Å². The summed E-state index contributed by atoms with van der Waals surface area (Å²) in [5.74, 6) is 0.112. The Morgan fingerprint density at radius 2 is 2.37 bits per heavy atom. The van der Waals surface area contributed by atoms with Crippen LogP contribution < -0.4 is 11.3 Å². The Bertz CT molecular complexity index is 679. The summed E-state index contributed by atoms with van der Waals surface area (Å²) in [6.45, 7) is 0.487. The molecule has 8 nitrogen and oxygen atoms in total. The van der Waals surface area contributed by atoms with Crippen LogP contribution in [0.4, 0.5) is 5.95 Å². The number of H-pyrrole nitrogens is 1. The molecule has 1 unspecified atom stereocenters. The minimum atomic E-state index is -0.381. The van der Waals surface area contributed by atoms with Gasteiger partial charge in [-0.05, 0) is 12.3 Å². The van der Waals surface area contributed by atoms with Gasteiger partial charge in [-0.2, -0.15) is 4.98 Å². The molecule has 1 fully saturated rings. The molecule has 2 heterocycles. The third kappa shape index (κ3) is 1.80. The van der Waals surface area contributed by atoms with Crippen molar-refractivity contribution in [2.75, 3.05) is 18.9 Å². The van der Waals surface area contributed by atoms with E-state index in [1.807, 2.05) is 0 Å². The summed E-state index contributed by atoms with van der Waals surface area (Å²) < 4.78 is 1.70. The molecule has 2 aromatic rings. The standard InChI is InChI=1S/C11H15N5O3/c12-10-14-8-7(9(19)15-10)13-5-16(8)3-11(4-18)1-6(11)2-17/h5-6,17-18H,1-4H2,(H3,12,14,15,19)/t6?,11-/m1/s1. The van der Waals surface area contributed by atoms with E-state index >= 15 is 0 Å². The zero-order chi connectivity index (χ0) is 13.6. The van der Waals surface area contributed by atoms with Crippen LogP contribution in [0, 0.1) is 11.3 Å². The molecule has 1 aliphatic carbocycles. The average Bonchev–Trinajstić information content (AvgIpc) is 2.95. The number of nitrogens with one attached hydrogen (secondary N) is 1. The van der Waals surface area contributed by atoms with Crippen LogP contribution in [0.2, 0.25) is 0 Å². The number of nitrogen functional groups attached to an aromatic ring is 1. The molecule has 5 N–H and O–H groups in total. The van der Waals surface area contributed by atoms with Gasteiger partial charge in [-0.3, -0.25) is 9.78 Å². The van der Waals surface area contributed by atoms with Crippen molar-refractivity contribution in [1.29, 1.82) is 0 Å². The summed E-state index contributed by atoms with van der Waals surface area (Å²) in [6.07, 6.45) is 2.26. The number of aliphatic hydroxyl groups is 2. The second-order valence-electron chi connectivity index (χ2n) is 5.10. The number of nitrogens with two attached hydrogens (primary N) is 1. The number of hydrogen-bond acceptors (Lipinski definition) is 6. The van der Waals surface area contributed by atoms with Gasteiger partial charge in [-0.25, -0.2) is 4.98 Å². The Hall–Kier alpha value is -1.93. The maximum Gasteiger partial charge on any atom is 0.280 e. The molecular weight excluding hydrogens is 250 g/mol. The number of rotatable bonds is 4. The number of aromatic nitrogens is 4. The van der Waals surface area contributed by atoms with E-state index in [2.05, 4.69) is 15.0 Å². The molecule has 8 heteroatoms. The van der Waals surface area contributed by atoms with Crippen LogP contribution >= 0.6 is 0 Å². The third-order valence-electron chi connectivity index (χ3n) is 3.87. The fourth-order valence-corrected chi connectivity index (χ4v) is 2.55. The largest absolute Gasteiger partial charge is 0.396 e. The van der Waals surface area contributed by atoms with Crippen molar-refractivity contribution >= 4 is 17.1 Å². The smallest absolute Gasteiger partial charge is 0.280 e. The second kappa shape index (κ2) is 4.04. The van der Waals surface area contributed by atoms with Crippen molar-refractivity contribution in [3.8, 4) is 0 Å². The Morgan fingerprint density at radius 1 is 1.58 bits per heavy atom. The lowest BCUT2D eigenvalue weighted by molar-refractivity contribution is 0.158. The van der Waals surface area contributed by atoms with E-state index in [0.717, 1.165) is 6.42 Å². The molecule has 1 saturated carbocycles. The van der Waals surface area contributed by atoms with Gasteiger partial charge in [0.25, 0.3) is 5.56 Å². The Kier molecular flexibility index (Phi) is 2.58. The number of anilines is 1. The van der Waals surface area contributed by atoms with E-state index in [1.165, 1.54) is 6.33 Å². The molecule has 2 aromatic heterocycles. The van der Waals surface area contributed by atoms with Crippen molar-refractivity contribution in [3.05, 3.63) is 16.7 Å². The number of aliphatic hydroxyl groups excluding tert-OH is 2. The van der Waals surface area contributed by atoms with Crippen molar-refractivity contribution in [2.45, 2.75) is 13.0 Å². The van der Waals surface area contributed by atoms with E-state index in [4.69, 9.17) is 5.73 Å². The highest BCUT2D eigenvalue weighted by atomic mass is 16.3. The van der Waals surface area contributed by atoms with E-state index in [1.54, 1.807) is 4.57 Å². The quantitative estimate of drug-likeness (QED) is 0.543. The Balaban J connectivity index is 2.01. The highest BCUT2D eigenvalue weighted by molar-refractivity contribution is 5.70. The van der Waals surface area contributed by atoms with Gasteiger partial charge < -0.3 is 20.5 Å². The molecule has 0 spiro atoms. The molecule has 0 saturated heterocycles. The molecule has 3 rings (SSSR count). The predicted molar refractivity (Wildman–Crippen MR) is 67.3 cm³/mol. The van der Waals surface area contributed by atoms with Gasteiger partial charge in [0.15, 0.2) is 11.2 Å². The maximum atomic E-state index is 11.6. The SMILES string of the molecule is Nc1nc2c(ncn2C[C@@]2(CO)CC2CO)c(=O)[nH]1. The van der Waals surface area contributed by atoms with Crippen LogP contribution in [0.25, 0.3) is 11.2 Å². The minimum Gasteiger partial charge on any atom is -0.396 e. The second-order valence-corrected chi connectivity index (χ2v) is 5.10. The first-order chi connectivity index (χ1) is 9.09. The normalized spacial score (nSPS) is 25.9. The van der Waals surface area contributed by atoms with Crippen molar-refractivity contribution in [1.82, 2.24) is 19.5 Å². The van der Waals surface area contributed by atoms with Gasteiger partial charge in [0.05, 0.1) is 12.9 Å². The third-order valence-corrected chi connectivity index (χ3v) is 3.87. The highest BCUT2D eigenvalue weighted by Crippen LogP contribution is 2.53. The molecule has 2 atom stereocenters. The summed E-state index contributed by atoms with van der Waals surface area (Å²) in [6, 6.07) is 0. The number of fused-ring (bicyclic) bond motifs is 1. The van der Waals surface area contributed by atoms with Crippen molar-refractivity contribution in [2.24, 2.45) is 11.3 Å². The number of aromatic amines is 1. The Morgan fingerprint density at radius 3 is 3.00 bits per heavy atom. The molecule has 1 aliphatic rings. The average molecular weight is 265 g/mol. The van der Waals surface area contributed by atoms with Crippen LogP contribution in [0.15, 0.2) is 11.1 Å². The molecule has 0 amide bonds. The van der Waals surface area contributed by atoms with E-state index in [0.29, 0.717) is 12.2 Å². The summed E-state index contributed by atoms with van der Waals surface area (Å²) in [5.41, 5.74) is 5.42. The van der Waals surface area contributed by atoms with Gasteiger partial charge >= 0.3 is 0 Å². The molecular formula is C11H15N5O3.